The molecule has 0 aliphatic heterocycles. The van der Waals surface area contributed by atoms with Crippen LogP contribution in [0.15, 0.2) is 27.8 Å². The fraction of sp³-hybridized carbons (Fsp3) is 0.688. The second-order valence-corrected chi connectivity index (χ2v) is 4.95. The van der Waals surface area contributed by atoms with Crippen molar-refractivity contribution in [3.8, 4) is 0 Å². The van der Waals surface area contributed by atoms with Gasteiger partial charge in [-0.15, -0.1) is 24.0 Å². The smallest absolute Gasteiger partial charge is 0.191 e. The van der Waals surface area contributed by atoms with E-state index >= 15 is 0 Å². The lowest BCUT2D eigenvalue weighted by atomic mass is 10.3. The van der Waals surface area contributed by atoms with E-state index in [2.05, 4.69) is 41.3 Å². The van der Waals surface area contributed by atoms with E-state index in [4.69, 9.17) is 4.42 Å². The highest BCUT2D eigenvalue weighted by molar-refractivity contribution is 14.0. The lowest BCUT2D eigenvalue weighted by molar-refractivity contribution is 0.297. The molecular formula is C16H31IN4O. The van der Waals surface area contributed by atoms with E-state index in [9.17, 15) is 0 Å². The third-order valence-electron chi connectivity index (χ3n) is 3.26. The number of likely N-dealkylation sites (N-methyl/N-ethyl adjacent to an activating group) is 1. The summed E-state index contributed by atoms with van der Waals surface area (Å²) in [7, 11) is 0. The highest BCUT2D eigenvalue weighted by Gasteiger charge is 2.01. The number of furan rings is 1. The lowest BCUT2D eigenvalue weighted by Crippen LogP contribution is -2.39. The lowest BCUT2D eigenvalue weighted by Gasteiger charge is -2.18. The molecule has 0 saturated heterocycles. The highest BCUT2D eigenvalue weighted by atomic mass is 127. The first-order valence-corrected chi connectivity index (χ1v) is 8.07. The molecule has 22 heavy (non-hydrogen) atoms. The second-order valence-electron chi connectivity index (χ2n) is 4.95. The molecular weight excluding hydrogens is 391 g/mol. The van der Waals surface area contributed by atoms with Crippen LogP contribution in [-0.4, -0.2) is 50.1 Å². The van der Waals surface area contributed by atoms with E-state index in [1.807, 2.05) is 12.1 Å². The first kappa shape index (κ1) is 21.2. The Kier molecular flexibility index (Phi) is 13.4. The maximum atomic E-state index is 5.32. The largest absolute Gasteiger partial charge is 0.469 e. The predicted molar refractivity (Wildman–Crippen MR) is 104 cm³/mol. The summed E-state index contributed by atoms with van der Waals surface area (Å²) in [5.41, 5.74) is 0. The van der Waals surface area contributed by atoms with Crippen molar-refractivity contribution in [2.75, 3.05) is 39.3 Å². The normalized spacial score (nSPS) is 11.4. The van der Waals surface area contributed by atoms with Gasteiger partial charge in [0.05, 0.1) is 12.8 Å². The summed E-state index contributed by atoms with van der Waals surface area (Å²) in [4.78, 5) is 7.05. The van der Waals surface area contributed by atoms with Crippen LogP contribution in [0.2, 0.25) is 0 Å². The maximum absolute atomic E-state index is 5.32. The minimum atomic E-state index is 0. The van der Waals surface area contributed by atoms with E-state index < -0.39 is 0 Å². The molecule has 1 heterocycles. The van der Waals surface area contributed by atoms with Crippen molar-refractivity contribution < 1.29 is 4.42 Å². The maximum Gasteiger partial charge on any atom is 0.191 e. The van der Waals surface area contributed by atoms with Gasteiger partial charge in [-0.2, -0.15) is 0 Å². The van der Waals surface area contributed by atoms with Crippen LogP contribution in [0.1, 0.15) is 33.0 Å². The van der Waals surface area contributed by atoms with E-state index in [0.29, 0.717) is 0 Å². The Morgan fingerprint density at radius 2 is 2.05 bits per heavy atom. The molecule has 0 aromatic carbocycles. The van der Waals surface area contributed by atoms with Crippen molar-refractivity contribution in [1.82, 2.24) is 15.5 Å². The minimum absolute atomic E-state index is 0. The SMILES string of the molecule is CCCN(CC)CCN=C(NCC)NCCc1ccco1.I. The number of halogens is 1. The van der Waals surface area contributed by atoms with Crippen LogP contribution in [0.5, 0.6) is 0 Å². The fourth-order valence-electron chi connectivity index (χ4n) is 2.15. The van der Waals surface area contributed by atoms with Crippen molar-refractivity contribution >= 4 is 29.9 Å². The summed E-state index contributed by atoms with van der Waals surface area (Å²) in [6.07, 6.45) is 3.77. The number of nitrogens with zero attached hydrogens (tertiary/aromatic N) is 2. The standard InChI is InChI=1S/C16H30N4O.HI/c1-4-12-20(6-3)13-11-19-16(17-5-2)18-10-9-15-8-7-14-21-15;/h7-8,14H,4-6,9-13H2,1-3H3,(H2,17,18,19);1H. The molecule has 0 atom stereocenters. The molecule has 0 bridgehead atoms. The topological polar surface area (TPSA) is 52.8 Å². The Bertz CT molecular complexity index is 382. The summed E-state index contributed by atoms with van der Waals surface area (Å²) >= 11 is 0. The molecule has 0 amide bonds. The van der Waals surface area contributed by atoms with Gasteiger partial charge in [-0.1, -0.05) is 13.8 Å². The van der Waals surface area contributed by atoms with Crippen LogP contribution in [0.3, 0.4) is 0 Å². The molecule has 5 nitrogen and oxygen atoms in total. The van der Waals surface area contributed by atoms with E-state index in [1.54, 1.807) is 6.26 Å². The van der Waals surface area contributed by atoms with Crippen LogP contribution < -0.4 is 10.6 Å². The molecule has 2 N–H and O–H groups in total. The van der Waals surface area contributed by atoms with Gasteiger partial charge < -0.3 is 20.0 Å². The van der Waals surface area contributed by atoms with Crippen LogP contribution in [-0.2, 0) is 6.42 Å². The Labute approximate surface area is 152 Å². The number of aliphatic imine (C=N–C) groups is 1. The zero-order valence-electron chi connectivity index (χ0n) is 14.1. The number of guanidine groups is 1. The summed E-state index contributed by atoms with van der Waals surface area (Å²) < 4.78 is 5.32. The second kappa shape index (κ2) is 13.9. The number of rotatable bonds is 10. The van der Waals surface area contributed by atoms with Crippen molar-refractivity contribution in [2.45, 2.75) is 33.6 Å². The van der Waals surface area contributed by atoms with E-state index in [1.165, 1.54) is 6.42 Å². The van der Waals surface area contributed by atoms with Crippen molar-refractivity contribution in [2.24, 2.45) is 4.99 Å². The first-order chi connectivity index (χ1) is 10.3. The predicted octanol–water partition coefficient (Wildman–Crippen LogP) is 2.73. The molecule has 1 aromatic heterocycles. The number of hydrogen-bond donors (Lipinski definition) is 2. The molecule has 0 fully saturated rings. The van der Waals surface area contributed by atoms with Crippen LogP contribution in [0.25, 0.3) is 0 Å². The zero-order chi connectivity index (χ0) is 15.3. The van der Waals surface area contributed by atoms with E-state index in [0.717, 1.165) is 57.4 Å². The Hall–Kier alpha value is -0.760. The molecule has 128 valence electrons. The zero-order valence-corrected chi connectivity index (χ0v) is 16.4. The van der Waals surface area contributed by atoms with Gasteiger partial charge in [-0.3, -0.25) is 4.99 Å². The Morgan fingerprint density at radius 1 is 1.23 bits per heavy atom. The summed E-state index contributed by atoms with van der Waals surface area (Å²) in [5.74, 6) is 1.88. The molecule has 0 saturated carbocycles. The van der Waals surface area contributed by atoms with Gasteiger partial charge in [0.1, 0.15) is 5.76 Å². The molecule has 6 heteroatoms. The molecule has 1 aromatic rings. The summed E-state index contributed by atoms with van der Waals surface area (Å²) in [5, 5.41) is 6.62. The third kappa shape index (κ3) is 9.30. The molecule has 0 radical (unpaired) electrons. The Morgan fingerprint density at radius 3 is 2.64 bits per heavy atom. The number of nitrogens with one attached hydrogen (secondary N) is 2. The van der Waals surface area contributed by atoms with Gasteiger partial charge in [0.2, 0.25) is 0 Å². The monoisotopic (exact) mass is 422 g/mol. The molecule has 0 aliphatic carbocycles. The fourth-order valence-corrected chi connectivity index (χ4v) is 2.15. The minimum Gasteiger partial charge on any atom is -0.469 e. The van der Waals surface area contributed by atoms with Gasteiger partial charge in [0.15, 0.2) is 5.96 Å². The van der Waals surface area contributed by atoms with Crippen molar-refractivity contribution in [3.05, 3.63) is 24.2 Å². The van der Waals surface area contributed by atoms with Crippen LogP contribution >= 0.6 is 24.0 Å². The molecule has 0 aliphatic rings. The first-order valence-electron chi connectivity index (χ1n) is 8.07. The Balaban J connectivity index is 0.00000441. The van der Waals surface area contributed by atoms with Gasteiger partial charge in [0, 0.05) is 26.1 Å². The van der Waals surface area contributed by atoms with Crippen molar-refractivity contribution in [1.29, 1.82) is 0 Å². The van der Waals surface area contributed by atoms with Gasteiger partial charge in [-0.25, -0.2) is 0 Å². The van der Waals surface area contributed by atoms with Crippen molar-refractivity contribution in [3.63, 3.8) is 0 Å². The van der Waals surface area contributed by atoms with Crippen LogP contribution in [0.4, 0.5) is 0 Å². The highest BCUT2D eigenvalue weighted by Crippen LogP contribution is 1.99. The number of hydrogen-bond acceptors (Lipinski definition) is 3. The van der Waals surface area contributed by atoms with Gasteiger partial charge in [-0.05, 0) is 38.6 Å². The molecule has 1 rings (SSSR count). The summed E-state index contributed by atoms with van der Waals surface area (Å²) in [6, 6.07) is 3.91. The van der Waals surface area contributed by atoms with E-state index in [-0.39, 0.29) is 24.0 Å². The molecule has 0 spiro atoms. The van der Waals surface area contributed by atoms with Gasteiger partial charge >= 0.3 is 0 Å². The average Bonchev–Trinajstić information content (AvgIpc) is 2.99. The average molecular weight is 422 g/mol. The van der Waals surface area contributed by atoms with Gasteiger partial charge in [0.25, 0.3) is 0 Å². The third-order valence-corrected chi connectivity index (χ3v) is 3.26. The van der Waals surface area contributed by atoms with Crippen LogP contribution in [0, 0.1) is 0 Å². The summed E-state index contributed by atoms with van der Waals surface area (Å²) in [6.45, 7) is 12.3. The quantitative estimate of drug-likeness (QED) is 0.346. The molecule has 0 unspecified atom stereocenters.